The van der Waals surface area contributed by atoms with Gasteiger partial charge in [0.1, 0.15) is 5.52 Å². The molecule has 1 N–H and O–H groups in total. The van der Waals surface area contributed by atoms with E-state index >= 15 is 0 Å². The minimum absolute atomic E-state index is 0.0883. The SMILES string of the molecule is Cc1cc(-c2cc(N(c3ccccc3)c3ccccc3)ccc2Nc2ccc3c(c2)C(C)(C)CCC3(C)C)c2c3c1c1ccccc1n3-c1cc3nc(-c4ccccc4)oc3cc1B2. The molecule has 2 aromatic heterocycles. The lowest BCUT2D eigenvalue weighted by Gasteiger charge is -2.42. The number of fused-ring (bicyclic) bond motifs is 7. The van der Waals surface area contributed by atoms with Crippen molar-refractivity contribution in [1.82, 2.24) is 9.55 Å². The first-order valence-electron chi connectivity index (χ1n) is 22.6. The summed E-state index contributed by atoms with van der Waals surface area (Å²) in [4.78, 5) is 7.40. The third-order valence-corrected chi connectivity index (χ3v) is 14.2. The van der Waals surface area contributed by atoms with Crippen LogP contribution in [0.15, 0.2) is 174 Å². The number of aromatic nitrogens is 2. The topological polar surface area (TPSA) is 46.2 Å². The van der Waals surface area contributed by atoms with Crippen LogP contribution in [0.1, 0.15) is 57.2 Å². The molecule has 6 heteroatoms. The molecule has 0 saturated carbocycles. The summed E-state index contributed by atoms with van der Waals surface area (Å²) in [5.41, 5.74) is 20.9. The molecule has 0 amide bonds. The van der Waals surface area contributed by atoms with Crippen LogP contribution in [0.3, 0.4) is 0 Å². The number of oxazole rings is 1. The van der Waals surface area contributed by atoms with E-state index in [1.165, 1.54) is 61.4 Å². The fraction of sp³-hybridized carbons (Fsp3) is 0.155. The number of nitrogens with zero attached hydrogens (tertiary/aromatic N) is 3. The van der Waals surface area contributed by atoms with Crippen molar-refractivity contribution in [3.63, 3.8) is 0 Å². The zero-order valence-electron chi connectivity index (χ0n) is 37.0. The van der Waals surface area contributed by atoms with E-state index in [0.717, 1.165) is 70.1 Å². The first-order valence-corrected chi connectivity index (χ1v) is 22.6. The van der Waals surface area contributed by atoms with Crippen molar-refractivity contribution in [3.8, 4) is 28.3 Å². The average molecular weight is 829 g/mol. The molecule has 310 valence electrons. The summed E-state index contributed by atoms with van der Waals surface area (Å²) >= 11 is 0. The lowest BCUT2D eigenvalue weighted by molar-refractivity contribution is 0.332. The first kappa shape index (κ1) is 38.4. The van der Waals surface area contributed by atoms with Gasteiger partial charge in [-0.15, -0.1) is 0 Å². The molecule has 2 aliphatic rings. The van der Waals surface area contributed by atoms with Crippen molar-refractivity contribution in [2.45, 2.75) is 58.3 Å². The van der Waals surface area contributed by atoms with Crippen LogP contribution in [0.2, 0.25) is 0 Å². The molecular formula is C58H49BN4O. The van der Waals surface area contributed by atoms with Gasteiger partial charge in [-0.25, -0.2) is 4.98 Å². The molecule has 0 fully saturated rings. The van der Waals surface area contributed by atoms with Gasteiger partial charge in [0.25, 0.3) is 0 Å². The van der Waals surface area contributed by atoms with Crippen LogP contribution < -0.4 is 21.1 Å². The Kier molecular flexibility index (Phi) is 8.61. The summed E-state index contributed by atoms with van der Waals surface area (Å²) < 4.78 is 9.02. The van der Waals surface area contributed by atoms with Crippen molar-refractivity contribution < 1.29 is 4.42 Å². The summed E-state index contributed by atoms with van der Waals surface area (Å²) in [6.07, 6.45) is 2.35. The van der Waals surface area contributed by atoms with Crippen LogP contribution in [0.25, 0.3) is 61.2 Å². The van der Waals surface area contributed by atoms with Crippen LogP contribution in [0.5, 0.6) is 0 Å². The molecule has 1 aliphatic carbocycles. The predicted octanol–water partition coefficient (Wildman–Crippen LogP) is 13.8. The molecule has 0 saturated heterocycles. The van der Waals surface area contributed by atoms with Crippen LogP contribution in [-0.2, 0) is 10.8 Å². The van der Waals surface area contributed by atoms with Crippen LogP contribution >= 0.6 is 0 Å². The number of nitrogens with one attached hydrogen (secondary N) is 1. The Morgan fingerprint density at radius 2 is 1.31 bits per heavy atom. The van der Waals surface area contributed by atoms with Crippen LogP contribution in [0.4, 0.5) is 28.4 Å². The van der Waals surface area contributed by atoms with Gasteiger partial charge < -0.3 is 19.2 Å². The summed E-state index contributed by atoms with van der Waals surface area (Å²) in [6.45, 7) is 11.9. The molecule has 10 aromatic rings. The molecule has 12 rings (SSSR count). The molecular weight excluding hydrogens is 779 g/mol. The Hall–Kier alpha value is -7.31. The summed E-state index contributed by atoms with van der Waals surface area (Å²) in [5.74, 6) is 0.637. The Bertz CT molecular complexity index is 3420. The monoisotopic (exact) mass is 828 g/mol. The van der Waals surface area contributed by atoms with E-state index in [-0.39, 0.29) is 10.8 Å². The third-order valence-electron chi connectivity index (χ3n) is 14.2. The van der Waals surface area contributed by atoms with Gasteiger partial charge in [-0.2, -0.15) is 0 Å². The highest BCUT2D eigenvalue weighted by molar-refractivity contribution is 6.73. The lowest BCUT2D eigenvalue weighted by atomic mass is 9.58. The second-order valence-corrected chi connectivity index (χ2v) is 19.2. The van der Waals surface area contributed by atoms with Gasteiger partial charge in [-0.3, -0.25) is 0 Å². The number of aryl methyl sites for hydroxylation is 1. The zero-order valence-corrected chi connectivity index (χ0v) is 37.0. The second-order valence-electron chi connectivity index (χ2n) is 19.2. The van der Waals surface area contributed by atoms with Gasteiger partial charge in [0.05, 0.1) is 5.52 Å². The van der Waals surface area contributed by atoms with E-state index in [9.17, 15) is 0 Å². The van der Waals surface area contributed by atoms with Gasteiger partial charge in [-0.05, 0) is 143 Å². The molecule has 64 heavy (non-hydrogen) atoms. The molecule has 0 atom stereocenters. The average Bonchev–Trinajstić information content (AvgIpc) is 3.90. The van der Waals surface area contributed by atoms with Gasteiger partial charge in [-0.1, -0.05) is 118 Å². The fourth-order valence-corrected chi connectivity index (χ4v) is 10.8. The molecule has 0 unspecified atom stereocenters. The number of anilines is 5. The molecule has 8 aromatic carbocycles. The van der Waals surface area contributed by atoms with E-state index < -0.39 is 0 Å². The number of hydrogen-bond donors (Lipinski definition) is 1. The maximum absolute atomic E-state index is 6.53. The number of rotatable bonds is 7. The molecule has 0 radical (unpaired) electrons. The highest BCUT2D eigenvalue weighted by atomic mass is 16.3. The van der Waals surface area contributed by atoms with E-state index in [1.807, 2.05) is 18.2 Å². The quantitative estimate of drug-likeness (QED) is 0.163. The van der Waals surface area contributed by atoms with Gasteiger partial charge >= 0.3 is 0 Å². The normalized spacial score (nSPS) is 14.6. The number of hydrogen-bond acceptors (Lipinski definition) is 4. The van der Waals surface area contributed by atoms with Gasteiger partial charge in [0, 0.05) is 61.5 Å². The Morgan fingerprint density at radius 3 is 2.05 bits per heavy atom. The Balaban J connectivity index is 1.10. The highest BCUT2D eigenvalue weighted by Gasteiger charge is 2.37. The predicted molar refractivity (Wildman–Crippen MR) is 270 cm³/mol. The van der Waals surface area contributed by atoms with Gasteiger partial charge in [0.2, 0.25) is 5.89 Å². The lowest BCUT2D eigenvalue weighted by Crippen LogP contribution is -2.37. The molecule has 0 bridgehead atoms. The van der Waals surface area contributed by atoms with E-state index in [2.05, 4.69) is 201 Å². The standard InChI is InChI=1S/C58H49BN4O/c1-36-31-44(54-55-53(36)42-23-15-16-24-50(42)63(55)51-35-49-52(34-47(51)59-54)64-56(61-49)37-17-9-6-10-18-37)43-33-41(62(39-19-11-7-12-20-39)40-21-13-8-14-22-40)26-28-48(43)60-38-25-27-45-46(32-38)58(4,5)30-29-57(45,2)3/h6-28,31-35,59-60H,29-30H2,1-5H3. The van der Waals surface area contributed by atoms with Crippen molar-refractivity contribution in [1.29, 1.82) is 0 Å². The second kappa shape index (κ2) is 14.4. The van der Waals surface area contributed by atoms with E-state index in [1.54, 1.807) is 0 Å². The maximum Gasteiger partial charge on any atom is 0.227 e. The van der Waals surface area contributed by atoms with Crippen LogP contribution in [-0.4, -0.2) is 16.8 Å². The molecule has 3 heterocycles. The minimum Gasteiger partial charge on any atom is -0.436 e. The fourth-order valence-electron chi connectivity index (χ4n) is 10.8. The first-order chi connectivity index (χ1) is 31.1. The minimum atomic E-state index is 0.0883. The zero-order chi connectivity index (χ0) is 43.3. The van der Waals surface area contributed by atoms with E-state index in [0.29, 0.717) is 5.89 Å². The highest BCUT2D eigenvalue weighted by Crippen LogP contribution is 2.48. The number of benzene rings is 8. The Morgan fingerprint density at radius 1 is 0.641 bits per heavy atom. The van der Waals surface area contributed by atoms with Crippen molar-refractivity contribution in [2.24, 2.45) is 0 Å². The van der Waals surface area contributed by atoms with Crippen molar-refractivity contribution in [2.75, 3.05) is 10.2 Å². The third kappa shape index (κ3) is 6.11. The largest absolute Gasteiger partial charge is 0.436 e. The van der Waals surface area contributed by atoms with Crippen molar-refractivity contribution in [3.05, 3.63) is 187 Å². The maximum atomic E-state index is 6.53. The van der Waals surface area contributed by atoms with E-state index in [4.69, 9.17) is 9.40 Å². The van der Waals surface area contributed by atoms with Crippen molar-refractivity contribution >= 4 is 79.5 Å². The molecule has 0 spiro atoms. The Labute approximate surface area is 375 Å². The smallest absolute Gasteiger partial charge is 0.227 e. The summed E-state index contributed by atoms with van der Waals surface area (Å²) in [5, 5.41) is 6.58. The summed E-state index contributed by atoms with van der Waals surface area (Å²) in [6, 6.07) is 61.4. The number of para-hydroxylation sites is 3. The van der Waals surface area contributed by atoms with Crippen LogP contribution in [0, 0.1) is 6.92 Å². The molecule has 5 nitrogen and oxygen atoms in total. The van der Waals surface area contributed by atoms with Gasteiger partial charge in [0.15, 0.2) is 12.9 Å². The molecule has 1 aliphatic heterocycles. The summed E-state index contributed by atoms with van der Waals surface area (Å²) in [7, 11) is 0.738.